The van der Waals surface area contributed by atoms with E-state index in [1.54, 1.807) is 11.0 Å². The molecule has 1 N–H and O–H groups in total. The molecule has 0 atom stereocenters. The Morgan fingerprint density at radius 1 is 1.04 bits per heavy atom. The van der Waals surface area contributed by atoms with Crippen molar-refractivity contribution in [2.24, 2.45) is 5.92 Å². The maximum absolute atomic E-state index is 13.8. The number of Topliss-reactive ketones (excluding diaryl/α,β-unsaturated/α-hetero) is 1. The Morgan fingerprint density at radius 2 is 1.73 bits per heavy atom. The number of phenols is 1. The molecule has 1 aliphatic heterocycles. The van der Waals surface area contributed by atoms with E-state index in [0.717, 1.165) is 18.2 Å². The number of phenolic OH excluding ortho intramolecular Hbond substituents is 1. The zero-order chi connectivity index (χ0) is 18.8. The normalized spacial score (nSPS) is 15.1. The fourth-order valence-electron chi connectivity index (χ4n) is 3.10. The molecule has 1 saturated heterocycles. The molecule has 1 amide bonds. The summed E-state index contributed by atoms with van der Waals surface area (Å²) in [6.07, 6.45) is 0.713. The molecule has 3 rings (SSSR count). The summed E-state index contributed by atoms with van der Waals surface area (Å²) in [6.45, 7) is 0.607. The number of nitrogens with zero attached hydrogens (tertiary/aromatic N) is 1. The lowest BCUT2D eigenvalue weighted by Gasteiger charge is -2.31. The van der Waals surface area contributed by atoms with Crippen LogP contribution in [0.4, 0.5) is 8.78 Å². The van der Waals surface area contributed by atoms with Crippen LogP contribution in [-0.4, -0.2) is 34.8 Å². The highest BCUT2D eigenvalue weighted by molar-refractivity contribution is 9.10. The van der Waals surface area contributed by atoms with E-state index in [1.165, 1.54) is 12.1 Å². The van der Waals surface area contributed by atoms with E-state index in [4.69, 9.17) is 0 Å². The molecule has 136 valence electrons. The highest BCUT2D eigenvalue weighted by atomic mass is 79.9. The number of rotatable bonds is 3. The number of halogens is 3. The molecule has 0 bridgehead atoms. The molecule has 1 aliphatic rings. The van der Waals surface area contributed by atoms with Crippen molar-refractivity contribution >= 4 is 27.6 Å². The predicted octanol–water partition coefficient (Wildman–Crippen LogP) is 4.17. The van der Waals surface area contributed by atoms with E-state index >= 15 is 0 Å². The first-order chi connectivity index (χ1) is 12.4. The van der Waals surface area contributed by atoms with E-state index in [9.17, 15) is 23.5 Å². The summed E-state index contributed by atoms with van der Waals surface area (Å²) in [5.41, 5.74) is -0.0697. The maximum Gasteiger partial charge on any atom is 0.257 e. The molecule has 0 aromatic heterocycles. The van der Waals surface area contributed by atoms with Gasteiger partial charge in [-0.15, -0.1) is 0 Å². The third-order valence-corrected chi connectivity index (χ3v) is 5.03. The van der Waals surface area contributed by atoms with Gasteiger partial charge in [0.2, 0.25) is 0 Å². The van der Waals surface area contributed by atoms with E-state index in [0.29, 0.717) is 30.4 Å². The van der Waals surface area contributed by atoms with Crippen LogP contribution < -0.4 is 0 Å². The van der Waals surface area contributed by atoms with Gasteiger partial charge in [-0.25, -0.2) is 8.78 Å². The maximum atomic E-state index is 13.8. The summed E-state index contributed by atoms with van der Waals surface area (Å²) in [7, 11) is 0. The molecule has 0 spiro atoms. The average Bonchev–Trinajstić information content (AvgIpc) is 2.64. The standard InChI is InChI=1S/C19H16BrF2NO3/c20-12-1-4-17(24)15(9-12)19(26)23-7-5-11(6-8-23)18(25)14-10-13(21)2-3-16(14)22/h1-4,9-11,24H,5-8H2. The van der Waals surface area contributed by atoms with E-state index in [-0.39, 0.29) is 22.8 Å². The van der Waals surface area contributed by atoms with Crippen LogP contribution in [0.25, 0.3) is 0 Å². The number of carbonyl (C=O) groups excluding carboxylic acids is 2. The zero-order valence-electron chi connectivity index (χ0n) is 13.7. The number of amides is 1. The Morgan fingerprint density at radius 3 is 2.42 bits per heavy atom. The average molecular weight is 424 g/mol. The van der Waals surface area contributed by atoms with Gasteiger partial charge < -0.3 is 10.0 Å². The van der Waals surface area contributed by atoms with Crippen molar-refractivity contribution in [1.82, 2.24) is 4.90 Å². The van der Waals surface area contributed by atoms with Gasteiger partial charge in [0, 0.05) is 23.5 Å². The number of aromatic hydroxyl groups is 1. The van der Waals surface area contributed by atoms with Crippen LogP contribution in [0, 0.1) is 17.6 Å². The van der Waals surface area contributed by atoms with Gasteiger partial charge >= 0.3 is 0 Å². The van der Waals surface area contributed by atoms with Crippen LogP contribution in [0.15, 0.2) is 40.9 Å². The largest absolute Gasteiger partial charge is 0.507 e. The molecular weight excluding hydrogens is 408 g/mol. The Bertz CT molecular complexity index is 792. The fourth-order valence-corrected chi connectivity index (χ4v) is 3.46. The number of benzene rings is 2. The number of ketones is 1. The first-order valence-corrected chi connectivity index (χ1v) is 8.93. The van der Waals surface area contributed by atoms with Crippen LogP contribution in [-0.2, 0) is 0 Å². The van der Waals surface area contributed by atoms with Crippen LogP contribution in [0.2, 0.25) is 0 Å². The molecule has 7 heteroatoms. The first-order valence-electron chi connectivity index (χ1n) is 8.14. The Labute approximate surface area is 157 Å². The highest BCUT2D eigenvalue weighted by Crippen LogP contribution is 2.27. The van der Waals surface area contributed by atoms with Crippen LogP contribution in [0.1, 0.15) is 33.6 Å². The zero-order valence-corrected chi connectivity index (χ0v) is 15.3. The third-order valence-electron chi connectivity index (χ3n) is 4.54. The Hall–Kier alpha value is -2.28. The van der Waals surface area contributed by atoms with Crippen molar-refractivity contribution in [3.05, 3.63) is 63.6 Å². The summed E-state index contributed by atoms with van der Waals surface area (Å²) in [5.74, 6) is -2.75. The minimum Gasteiger partial charge on any atom is -0.507 e. The number of carbonyl (C=O) groups is 2. The summed E-state index contributed by atoms with van der Waals surface area (Å²) in [6, 6.07) is 7.42. The fraction of sp³-hybridized carbons (Fsp3) is 0.263. The van der Waals surface area contributed by atoms with Crippen molar-refractivity contribution in [2.75, 3.05) is 13.1 Å². The molecule has 1 heterocycles. The summed E-state index contributed by atoms with van der Waals surface area (Å²) in [4.78, 5) is 26.6. The van der Waals surface area contributed by atoms with E-state index < -0.39 is 23.3 Å². The van der Waals surface area contributed by atoms with Gasteiger partial charge in [-0.05, 0) is 49.2 Å². The molecule has 0 unspecified atom stereocenters. The number of hydrogen-bond donors (Lipinski definition) is 1. The summed E-state index contributed by atoms with van der Waals surface area (Å²) >= 11 is 3.26. The second-order valence-corrected chi connectivity index (χ2v) is 7.13. The lowest BCUT2D eigenvalue weighted by Crippen LogP contribution is -2.40. The molecule has 0 radical (unpaired) electrons. The van der Waals surface area contributed by atoms with Gasteiger partial charge in [0.05, 0.1) is 11.1 Å². The molecule has 4 nitrogen and oxygen atoms in total. The quantitative estimate of drug-likeness (QED) is 0.753. The Balaban J connectivity index is 1.69. The predicted molar refractivity (Wildman–Crippen MR) is 95.1 cm³/mol. The molecule has 0 aliphatic carbocycles. The smallest absolute Gasteiger partial charge is 0.257 e. The van der Waals surface area contributed by atoms with Crippen LogP contribution in [0.3, 0.4) is 0 Å². The van der Waals surface area contributed by atoms with Crippen LogP contribution in [0.5, 0.6) is 5.75 Å². The number of likely N-dealkylation sites (tertiary alicyclic amines) is 1. The van der Waals surface area contributed by atoms with Gasteiger partial charge in [0.25, 0.3) is 5.91 Å². The van der Waals surface area contributed by atoms with Gasteiger partial charge in [0.1, 0.15) is 17.4 Å². The number of hydrogen-bond acceptors (Lipinski definition) is 3. The molecule has 2 aromatic rings. The van der Waals surface area contributed by atoms with E-state index in [1.807, 2.05) is 0 Å². The van der Waals surface area contributed by atoms with Gasteiger partial charge in [-0.3, -0.25) is 9.59 Å². The van der Waals surface area contributed by atoms with Crippen molar-refractivity contribution in [1.29, 1.82) is 0 Å². The first kappa shape index (κ1) is 18.5. The second-order valence-electron chi connectivity index (χ2n) is 6.22. The molecule has 0 saturated carbocycles. The monoisotopic (exact) mass is 423 g/mol. The lowest BCUT2D eigenvalue weighted by atomic mass is 9.88. The minimum absolute atomic E-state index is 0.113. The summed E-state index contributed by atoms with van der Waals surface area (Å²) in [5, 5.41) is 9.88. The Kier molecular flexibility index (Phi) is 5.36. The van der Waals surface area contributed by atoms with Gasteiger partial charge in [0.15, 0.2) is 5.78 Å². The molecule has 2 aromatic carbocycles. The van der Waals surface area contributed by atoms with Crippen molar-refractivity contribution < 1.29 is 23.5 Å². The van der Waals surface area contributed by atoms with Crippen molar-refractivity contribution in [3.8, 4) is 5.75 Å². The third kappa shape index (κ3) is 3.77. The van der Waals surface area contributed by atoms with Crippen molar-refractivity contribution in [2.45, 2.75) is 12.8 Å². The topological polar surface area (TPSA) is 57.6 Å². The molecular formula is C19H16BrF2NO3. The van der Waals surface area contributed by atoms with Gasteiger partial charge in [-0.2, -0.15) is 0 Å². The number of piperidine rings is 1. The highest BCUT2D eigenvalue weighted by Gasteiger charge is 2.30. The SMILES string of the molecule is O=C(c1cc(F)ccc1F)C1CCN(C(=O)c2cc(Br)ccc2O)CC1. The van der Waals surface area contributed by atoms with E-state index in [2.05, 4.69) is 15.9 Å². The van der Waals surface area contributed by atoms with Crippen LogP contribution >= 0.6 is 15.9 Å². The second kappa shape index (κ2) is 7.53. The van der Waals surface area contributed by atoms with Gasteiger partial charge in [-0.1, -0.05) is 15.9 Å². The summed E-state index contributed by atoms with van der Waals surface area (Å²) < 4.78 is 27.8. The minimum atomic E-state index is -0.742. The molecule has 1 fully saturated rings. The lowest BCUT2D eigenvalue weighted by molar-refractivity contribution is 0.0646. The molecule has 26 heavy (non-hydrogen) atoms. The van der Waals surface area contributed by atoms with Crippen molar-refractivity contribution in [3.63, 3.8) is 0 Å².